The van der Waals surface area contributed by atoms with Gasteiger partial charge in [0.2, 0.25) is 0 Å². The van der Waals surface area contributed by atoms with E-state index in [4.69, 9.17) is 27.2 Å². The van der Waals surface area contributed by atoms with E-state index in [0.29, 0.717) is 15.1 Å². The summed E-state index contributed by atoms with van der Waals surface area (Å²) in [7, 11) is 0. The molecule has 15 heavy (non-hydrogen) atoms. The Balaban J connectivity index is 2.92. The lowest BCUT2D eigenvalue weighted by molar-refractivity contribution is 0.0632. The smallest absolute Gasteiger partial charge is 0.405 e. The van der Waals surface area contributed by atoms with Gasteiger partial charge in [0.1, 0.15) is 0 Å². The summed E-state index contributed by atoms with van der Waals surface area (Å²) in [5, 5.41) is 9.54. The molecular weight excluding hydrogens is 285 g/mol. The number of nitrogens with two attached hydrogens (primary N) is 1. The minimum atomic E-state index is -0.930. The molecule has 0 unspecified atom stereocenters. The van der Waals surface area contributed by atoms with Gasteiger partial charge in [-0.05, 0) is 33.6 Å². The Morgan fingerprint density at radius 2 is 2.33 bits per heavy atom. The number of ether oxygens (including phenoxy) is 1. The molecule has 0 fully saturated rings. The molecule has 0 aromatic heterocycles. The molecule has 6 heteroatoms. The molecule has 0 heterocycles. The highest BCUT2D eigenvalue weighted by molar-refractivity contribution is 9.10. The molecule has 0 saturated heterocycles. The zero-order chi connectivity index (χ0) is 11.4. The lowest BCUT2D eigenvalue weighted by Gasteiger charge is -2.14. The molecule has 1 amide bonds. The number of hydrogen-bond acceptors (Lipinski definition) is 3. The molecule has 0 aliphatic heterocycles. The molecule has 3 N–H and O–H groups in total. The van der Waals surface area contributed by atoms with E-state index in [1.54, 1.807) is 18.2 Å². The van der Waals surface area contributed by atoms with E-state index in [2.05, 4.69) is 15.9 Å². The van der Waals surface area contributed by atoms with Crippen LogP contribution < -0.4 is 5.73 Å². The first kappa shape index (κ1) is 12.3. The van der Waals surface area contributed by atoms with Crippen LogP contribution in [0.15, 0.2) is 22.7 Å². The average Bonchev–Trinajstić information content (AvgIpc) is 2.18. The van der Waals surface area contributed by atoms with Crippen molar-refractivity contribution in [2.75, 3.05) is 6.61 Å². The van der Waals surface area contributed by atoms with E-state index in [1.807, 2.05) is 0 Å². The second-order valence-corrected chi connectivity index (χ2v) is 4.04. The summed E-state index contributed by atoms with van der Waals surface area (Å²) < 4.78 is 5.37. The number of carbonyl (C=O) groups excluding carboxylic acids is 1. The van der Waals surface area contributed by atoms with E-state index in [9.17, 15) is 4.79 Å². The third kappa shape index (κ3) is 3.37. The van der Waals surface area contributed by atoms with Gasteiger partial charge in [0.15, 0.2) is 6.10 Å². The first-order chi connectivity index (χ1) is 7.04. The van der Waals surface area contributed by atoms with Gasteiger partial charge < -0.3 is 15.6 Å². The number of carbonyl (C=O) groups is 1. The molecule has 4 nitrogen and oxygen atoms in total. The van der Waals surface area contributed by atoms with Crippen LogP contribution in [-0.4, -0.2) is 17.8 Å². The van der Waals surface area contributed by atoms with Gasteiger partial charge in [0.05, 0.1) is 11.6 Å². The number of rotatable bonds is 3. The van der Waals surface area contributed by atoms with E-state index in [1.165, 1.54) is 0 Å². The van der Waals surface area contributed by atoms with Gasteiger partial charge in [-0.25, -0.2) is 4.79 Å². The third-order valence-electron chi connectivity index (χ3n) is 1.74. The number of hydrogen-bond donors (Lipinski definition) is 2. The summed E-state index contributed by atoms with van der Waals surface area (Å²) in [5.41, 5.74) is 5.48. The van der Waals surface area contributed by atoms with Gasteiger partial charge in [-0.3, -0.25) is 0 Å². The Morgan fingerprint density at radius 3 is 2.80 bits per heavy atom. The topological polar surface area (TPSA) is 72.6 Å². The molecule has 1 aromatic rings. The summed E-state index contributed by atoms with van der Waals surface area (Å²) in [6.45, 7) is -0.336. The average molecular weight is 295 g/mol. The van der Waals surface area contributed by atoms with Crippen LogP contribution >= 0.6 is 27.5 Å². The van der Waals surface area contributed by atoms with Crippen LogP contribution in [-0.2, 0) is 4.74 Å². The Labute approximate surface area is 100 Å². The lowest BCUT2D eigenvalue weighted by Crippen LogP contribution is -2.19. The van der Waals surface area contributed by atoms with Crippen molar-refractivity contribution >= 4 is 33.6 Å². The lowest BCUT2D eigenvalue weighted by atomic mass is 10.1. The second-order valence-electron chi connectivity index (χ2n) is 2.78. The summed E-state index contributed by atoms with van der Waals surface area (Å²) in [5.74, 6) is 0. The molecule has 0 aliphatic rings. The highest BCUT2D eigenvalue weighted by atomic mass is 79.9. The molecule has 0 aliphatic carbocycles. The van der Waals surface area contributed by atoms with Crippen LogP contribution in [0.1, 0.15) is 11.7 Å². The van der Waals surface area contributed by atoms with Gasteiger partial charge in [-0.1, -0.05) is 17.7 Å². The summed E-state index contributed by atoms with van der Waals surface area (Å²) >= 11 is 9.02. The minimum Gasteiger partial charge on any atom is -0.439 e. The molecule has 1 rings (SSSR count). The van der Waals surface area contributed by atoms with Crippen LogP contribution in [0.4, 0.5) is 4.79 Å². The number of primary amides is 1. The van der Waals surface area contributed by atoms with E-state index in [-0.39, 0.29) is 6.61 Å². The van der Waals surface area contributed by atoms with Crippen molar-refractivity contribution in [3.63, 3.8) is 0 Å². The van der Waals surface area contributed by atoms with E-state index < -0.39 is 12.2 Å². The van der Waals surface area contributed by atoms with Gasteiger partial charge in [0, 0.05) is 4.47 Å². The van der Waals surface area contributed by atoms with Gasteiger partial charge in [-0.2, -0.15) is 0 Å². The number of benzene rings is 1. The van der Waals surface area contributed by atoms with Crippen LogP contribution in [0.5, 0.6) is 0 Å². The van der Waals surface area contributed by atoms with Gasteiger partial charge in [-0.15, -0.1) is 0 Å². The van der Waals surface area contributed by atoms with Crippen molar-refractivity contribution in [3.05, 3.63) is 33.3 Å². The van der Waals surface area contributed by atoms with Crippen LogP contribution in [0, 0.1) is 0 Å². The third-order valence-corrected chi connectivity index (χ3v) is 2.95. The monoisotopic (exact) mass is 293 g/mol. The maximum Gasteiger partial charge on any atom is 0.405 e. The van der Waals surface area contributed by atoms with Crippen LogP contribution in [0.2, 0.25) is 5.02 Å². The first-order valence-corrected chi connectivity index (χ1v) is 5.23. The fourth-order valence-electron chi connectivity index (χ4n) is 1.06. The Bertz CT molecular complexity index is 372. The molecule has 0 saturated carbocycles. The highest BCUT2D eigenvalue weighted by Gasteiger charge is 2.14. The van der Waals surface area contributed by atoms with E-state index >= 15 is 0 Å². The first-order valence-electron chi connectivity index (χ1n) is 4.06. The highest BCUT2D eigenvalue weighted by Crippen LogP contribution is 2.27. The molecule has 82 valence electrons. The van der Waals surface area contributed by atoms with Gasteiger partial charge >= 0.3 is 6.09 Å². The molecule has 1 atom stereocenters. The maximum absolute atomic E-state index is 10.5. The molecule has 0 spiro atoms. The summed E-state index contributed by atoms with van der Waals surface area (Å²) in [4.78, 5) is 10.5. The fraction of sp³-hybridized carbons (Fsp3) is 0.222. The SMILES string of the molecule is NC(=O)O[C@H](CO)c1ccc(Cl)c(Br)c1. The Kier molecular flexibility index (Phi) is 4.38. The predicted octanol–water partition coefficient (Wildman–Crippen LogP) is 2.23. The minimum absolute atomic E-state index is 0.336. The second kappa shape index (κ2) is 5.34. The Hall–Kier alpha value is -0.780. The summed E-state index contributed by atoms with van der Waals surface area (Å²) in [6.07, 6.45) is -1.70. The van der Waals surface area contributed by atoms with E-state index in [0.717, 1.165) is 0 Å². The van der Waals surface area contributed by atoms with Crippen molar-refractivity contribution in [1.29, 1.82) is 0 Å². The number of amides is 1. The van der Waals surface area contributed by atoms with Crippen molar-refractivity contribution in [3.8, 4) is 0 Å². The van der Waals surface area contributed by atoms with Crippen LogP contribution in [0.3, 0.4) is 0 Å². The Morgan fingerprint density at radius 1 is 1.67 bits per heavy atom. The number of halogens is 2. The number of aliphatic hydroxyl groups is 1. The van der Waals surface area contributed by atoms with Crippen molar-refractivity contribution in [1.82, 2.24) is 0 Å². The zero-order valence-electron chi connectivity index (χ0n) is 7.61. The molecule has 0 bridgehead atoms. The normalized spacial score (nSPS) is 12.2. The quantitative estimate of drug-likeness (QED) is 0.898. The number of aliphatic hydroxyl groups excluding tert-OH is 1. The van der Waals surface area contributed by atoms with Crippen LogP contribution in [0.25, 0.3) is 0 Å². The maximum atomic E-state index is 10.5. The largest absolute Gasteiger partial charge is 0.439 e. The van der Waals surface area contributed by atoms with Gasteiger partial charge in [0.25, 0.3) is 0 Å². The summed E-state index contributed by atoms with van der Waals surface area (Å²) in [6, 6.07) is 4.94. The molecule has 0 radical (unpaired) electrons. The molecular formula is C9H9BrClNO3. The zero-order valence-corrected chi connectivity index (χ0v) is 9.96. The van der Waals surface area contributed by atoms with Crippen molar-refractivity contribution in [2.45, 2.75) is 6.10 Å². The molecule has 1 aromatic carbocycles. The standard InChI is InChI=1S/C9H9BrClNO3/c10-6-3-5(1-2-7(6)11)8(4-13)15-9(12)14/h1-3,8,13H,4H2,(H2,12,14)/t8-/m1/s1. The van der Waals surface area contributed by atoms with Crippen molar-refractivity contribution in [2.24, 2.45) is 5.73 Å². The van der Waals surface area contributed by atoms with Crippen molar-refractivity contribution < 1.29 is 14.6 Å². The fourth-order valence-corrected chi connectivity index (χ4v) is 1.58. The predicted molar refractivity (Wildman–Crippen MR) is 59.6 cm³/mol.